The van der Waals surface area contributed by atoms with Gasteiger partial charge in [0.15, 0.2) is 5.78 Å². The van der Waals surface area contributed by atoms with E-state index in [0.717, 1.165) is 36.8 Å². The minimum Gasteiger partial charge on any atom is -0.293 e. The van der Waals surface area contributed by atoms with Gasteiger partial charge < -0.3 is 0 Å². The summed E-state index contributed by atoms with van der Waals surface area (Å²) in [5.74, 6) is 0.401. The van der Waals surface area contributed by atoms with Crippen molar-refractivity contribution in [3.63, 3.8) is 0 Å². The lowest BCUT2D eigenvalue weighted by Gasteiger charge is -2.21. The maximum Gasteiger partial charge on any atom is 0.170 e. The van der Waals surface area contributed by atoms with Gasteiger partial charge in [-0.1, -0.05) is 68.3 Å². The zero-order valence-corrected chi connectivity index (χ0v) is 12.9. The Morgan fingerprint density at radius 1 is 1.09 bits per heavy atom. The lowest BCUT2D eigenvalue weighted by Crippen LogP contribution is -2.19. The van der Waals surface area contributed by atoms with Crippen LogP contribution in [0.25, 0.3) is 17.2 Å². The Labute approximate surface area is 131 Å². The van der Waals surface area contributed by atoms with Crippen LogP contribution in [0.15, 0.2) is 42.5 Å². The molecule has 22 heavy (non-hydrogen) atoms. The summed E-state index contributed by atoms with van der Waals surface area (Å²) >= 11 is 0. The van der Waals surface area contributed by atoms with Crippen molar-refractivity contribution in [2.75, 3.05) is 0 Å². The maximum atomic E-state index is 13.0. The Bertz CT molecular complexity index is 782. The number of rotatable bonds is 3. The molecule has 0 radical (unpaired) electrons. The fourth-order valence-corrected chi connectivity index (χ4v) is 3.80. The number of Topliss-reactive ketones (excluding diaryl/α,β-unsaturated/α-hetero) is 1. The second-order valence-electron chi connectivity index (χ2n) is 6.36. The standard InChI is InChI=1S/C21H20O/c1-2-3-6-15-10-9-14-11-12-18-17-8-5-4-7-16(17)13-19(18)20(14)21(15)22/h4-5,7-12,15H,2-3,6,13H2,1H3. The van der Waals surface area contributed by atoms with Crippen LogP contribution in [0, 0.1) is 5.92 Å². The molecule has 0 N–H and O–H groups in total. The fraction of sp³-hybridized carbons (Fsp3) is 0.286. The molecule has 2 aliphatic rings. The van der Waals surface area contributed by atoms with Gasteiger partial charge in [-0.2, -0.15) is 0 Å². The molecule has 110 valence electrons. The molecule has 0 bridgehead atoms. The third-order valence-electron chi connectivity index (χ3n) is 4.98. The minimum absolute atomic E-state index is 0.0719. The highest BCUT2D eigenvalue weighted by Gasteiger charge is 2.30. The molecule has 0 amide bonds. The second-order valence-corrected chi connectivity index (χ2v) is 6.36. The molecule has 0 spiro atoms. The largest absolute Gasteiger partial charge is 0.293 e. The summed E-state index contributed by atoms with van der Waals surface area (Å²) in [5, 5.41) is 0. The van der Waals surface area contributed by atoms with Gasteiger partial charge in [0.05, 0.1) is 0 Å². The number of benzene rings is 2. The third kappa shape index (κ3) is 1.96. The number of allylic oxidation sites excluding steroid dienone is 1. The smallest absolute Gasteiger partial charge is 0.170 e. The van der Waals surface area contributed by atoms with E-state index in [-0.39, 0.29) is 5.92 Å². The van der Waals surface area contributed by atoms with Gasteiger partial charge in [-0.05, 0) is 40.7 Å². The molecule has 1 heteroatoms. The van der Waals surface area contributed by atoms with Gasteiger partial charge in [-0.25, -0.2) is 0 Å². The molecule has 2 aromatic rings. The zero-order valence-electron chi connectivity index (χ0n) is 12.9. The van der Waals surface area contributed by atoms with Crippen LogP contribution in [0.1, 0.15) is 53.2 Å². The number of carbonyl (C=O) groups excluding carboxylic acids is 1. The maximum absolute atomic E-state index is 13.0. The molecule has 1 nitrogen and oxygen atoms in total. The van der Waals surface area contributed by atoms with Gasteiger partial charge >= 0.3 is 0 Å². The van der Waals surface area contributed by atoms with Crippen molar-refractivity contribution in [2.24, 2.45) is 5.92 Å². The highest BCUT2D eigenvalue weighted by molar-refractivity contribution is 6.07. The molecule has 2 aromatic carbocycles. The SMILES string of the molecule is CCCCC1C=Cc2ccc3c(c2C1=O)Cc1ccccc1-3. The van der Waals surface area contributed by atoms with Crippen LogP contribution in [-0.2, 0) is 6.42 Å². The van der Waals surface area contributed by atoms with Crippen molar-refractivity contribution in [3.8, 4) is 11.1 Å². The number of hydrogen-bond acceptors (Lipinski definition) is 1. The van der Waals surface area contributed by atoms with E-state index in [1.807, 2.05) is 0 Å². The average molecular weight is 288 g/mol. The summed E-state index contributed by atoms with van der Waals surface area (Å²) in [6, 6.07) is 12.8. The summed E-state index contributed by atoms with van der Waals surface area (Å²) in [4.78, 5) is 13.0. The minimum atomic E-state index is 0.0719. The van der Waals surface area contributed by atoms with Gasteiger partial charge in [-0.15, -0.1) is 0 Å². The van der Waals surface area contributed by atoms with E-state index in [4.69, 9.17) is 0 Å². The van der Waals surface area contributed by atoms with Crippen molar-refractivity contribution in [2.45, 2.75) is 32.6 Å². The number of carbonyl (C=O) groups is 1. The van der Waals surface area contributed by atoms with Gasteiger partial charge in [-0.3, -0.25) is 4.79 Å². The topological polar surface area (TPSA) is 17.1 Å². The van der Waals surface area contributed by atoms with Crippen LogP contribution in [0.5, 0.6) is 0 Å². The Morgan fingerprint density at radius 2 is 1.95 bits per heavy atom. The van der Waals surface area contributed by atoms with Gasteiger partial charge in [0.25, 0.3) is 0 Å². The summed E-state index contributed by atoms with van der Waals surface area (Å²) in [5.41, 5.74) is 7.23. The van der Waals surface area contributed by atoms with Crippen LogP contribution in [0.3, 0.4) is 0 Å². The van der Waals surface area contributed by atoms with Crippen LogP contribution < -0.4 is 0 Å². The predicted octanol–water partition coefficient (Wildman–Crippen LogP) is 5.27. The Balaban J connectivity index is 1.80. The molecule has 0 heterocycles. The average Bonchev–Trinajstić information content (AvgIpc) is 2.92. The molecule has 0 fully saturated rings. The molecular formula is C21H20O. The summed E-state index contributed by atoms with van der Waals surface area (Å²) in [7, 11) is 0. The Morgan fingerprint density at radius 3 is 2.82 bits per heavy atom. The highest BCUT2D eigenvalue weighted by Crippen LogP contribution is 2.41. The molecule has 1 atom stereocenters. The lowest BCUT2D eigenvalue weighted by molar-refractivity contribution is 0.0936. The van der Waals surface area contributed by atoms with Crippen LogP contribution in [-0.4, -0.2) is 5.78 Å². The summed E-state index contributed by atoms with van der Waals surface area (Å²) in [6.07, 6.45) is 8.39. The van der Waals surface area contributed by atoms with Gasteiger partial charge in [0, 0.05) is 11.5 Å². The van der Waals surface area contributed by atoms with E-state index in [2.05, 4.69) is 55.5 Å². The summed E-state index contributed by atoms with van der Waals surface area (Å²) < 4.78 is 0. The van der Waals surface area contributed by atoms with Crippen molar-refractivity contribution < 1.29 is 4.79 Å². The Hall–Kier alpha value is -2.15. The van der Waals surface area contributed by atoms with E-state index < -0.39 is 0 Å². The van der Waals surface area contributed by atoms with Crippen molar-refractivity contribution in [3.05, 3.63) is 64.7 Å². The van der Waals surface area contributed by atoms with Crippen LogP contribution in [0.4, 0.5) is 0 Å². The highest BCUT2D eigenvalue weighted by atomic mass is 16.1. The van der Waals surface area contributed by atoms with E-state index in [1.165, 1.54) is 22.3 Å². The number of ketones is 1. The summed E-state index contributed by atoms with van der Waals surface area (Å²) in [6.45, 7) is 2.18. The monoisotopic (exact) mass is 288 g/mol. The molecular weight excluding hydrogens is 268 g/mol. The number of unbranched alkanes of at least 4 members (excludes halogenated alkanes) is 1. The molecule has 4 rings (SSSR count). The lowest BCUT2D eigenvalue weighted by atomic mass is 9.82. The first-order valence-corrected chi connectivity index (χ1v) is 8.26. The van der Waals surface area contributed by atoms with Crippen LogP contribution >= 0.6 is 0 Å². The molecule has 0 saturated carbocycles. The molecule has 0 saturated heterocycles. The fourth-order valence-electron chi connectivity index (χ4n) is 3.80. The number of fused-ring (bicyclic) bond motifs is 5. The number of hydrogen-bond donors (Lipinski definition) is 0. The van der Waals surface area contributed by atoms with E-state index in [0.29, 0.717) is 5.78 Å². The van der Waals surface area contributed by atoms with Crippen molar-refractivity contribution in [1.82, 2.24) is 0 Å². The Kier molecular flexibility index (Phi) is 3.22. The van der Waals surface area contributed by atoms with Gasteiger partial charge in [0.1, 0.15) is 0 Å². The third-order valence-corrected chi connectivity index (χ3v) is 4.98. The van der Waals surface area contributed by atoms with E-state index in [9.17, 15) is 4.79 Å². The van der Waals surface area contributed by atoms with Crippen molar-refractivity contribution in [1.29, 1.82) is 0 Å². The molecule has 2 aliphatic carbocycles. The van der Waals surface area contributed by atoms with Crippen molar-refractivity contribution >= 4 is 11.9 Å². The quantitative estimate of drug-likeness (QED) is 0.641. The molecule has 0 aliphatic heterocycles. The first-order valence-electron chi connectivity index (χ1n) is 8.26. The van der Waals surface area contributed by atoms with E-state index >= 15 is 0 Å². The van der Waals surface area contributed by atoms with E-state index in [1.54, 1.807) is 0 Å². The molecule has 0 aromatic heterocycles. The zero-order chi connectivity index (χ0) is 15.1. The predicted molar refractivity (Wildman–Crippen MR) is 91.1 cm³/mol. The molecule has 1 unspecified atom stereocenters. The second kappa shape index (κ2) is 5.24. The normalized spacial score (nSPS) is 18.0. The van der Waals surface area contributed by atoms with Gasteiger partial charge in [0.2, 0.25) is 0 Å². The first kappa shape index (κ1) is 13.5. The van der Waals surface area contributed by atoms with Crippen LogP contribution in [0.2, 0.25) is 0 Å². The first-order chi connectivity index (χ1) is 10.8.